The number of rotatable bonds is 5. The molecule has 0 saturated carbocycles. The highest BCUT2D eigenvalue weighted by Gasteiger charge is 2.40. The summed E-state index contributed by atoms with van der Waals surface area (Å²) in [7, 11) is 0. The molecule has 0 atom stereocenters. The van der Waals surface area contributed by atoms with E-state index in [1.54, 1.807) is 18.5 Å². The predicted octanol–water partition coefficient (Wildman–Crippen LogP) is 5.97. The summed E-state index contributed by atoms with van der Waals surface area (Å²) in [4.78, 5) is 30.0. The third kappa shape index (κ3) is 4.81. The van der Waals surface area contributed by atoms with Gasteiger partial charge in [-0.3, -0.25) is 14.8 Å². The van der Waals surface area contributed by atoms with E-state index in [9.17, 15) is 18.0 Å². The van der Waals surface area contributed by atoms with Crippen molar-refractivity contribution in [3.05, 3.63) is 95.5 Å². The normalized spacial score (nSPS) is 17.7. The van der Waals surface area contributed by atoms with Crippen molar-refractivity contribution in [3.8, 4) is 22.5 Å². The molecule has 0 N–H and O–H groups in total. The second-order valence-corrected chi connectivity index (χ2v) is 9.45. The monoisotopic (exact) mass is 537 g/mol. The topological polar surface area (TPSA) is 62.2 Å². The van der Waals surface area contributed by atoms with Crippen LogP contribution in [0, 0.1) is 0 Å². The molecule has 1 amide bonds. The Balaban J connectivity index is 1.42. The van der Waals surface area contributed by atoms with Gasteiger partial charge in [0.25, 0.3) is 5.91 Å². The van der Waals surface area contributed by atoms with Gasteiger partial charge in [0.15, 0.2) is 0 Å². The third-order valence-electron chi connectivity index (χ3n) is 6.64. The minimum Gasteiger partial charge on any atom is -0.351 e. The zero-order valence-corrected chi connectivity index (χ0v) is 21.2. The van der Waals surface area contributed by atoms with Crippen molar-refractivity contribution in [3.63, 3.8) is 0 Å². The molecule has 5 rings (SSSR count). The van der Waals surface area contributed by atoms with Crippen LogP contribution >= 0.6 is 11.6 Å². The van der Waals surface area contributed by atoms with E-state index in [-0.39, 0.29) is 11.9 Å². The fourth-order valence-corrected chi connectivity index (χ4v) is 4.69. The summed E-state index contributed by atoms with van der Waals surface area (Å²) in [6.45, 7) is 7.49. The number of allylic oxidation sites excluding steroid dienone is 3. The smallest absolute Gasteiger partial charge is 0.351 e. The summed E-state index contributed by atoms with van der Waals surface area (Å²) in [5.41, 5.74) is 2.54. The zero-order chi connectivity index (χ0) is 27.0. The van der Waals surface area contributed by atoms with Gasteiger partial charge in [0, 0.05) is 48.7 Å². The highest BCUT2D eigenvalue weighted by Crippen LogP contribution is 2.37. The summed E-state index contributed by atoms with van der Waals surface area (Å²) in [6, 6.07) is 6.46. The Morgan fingerprint density at radius 2 is 1.84 bits per heavy atom. The van der Waals surface area contributed by atoms with Crippen LogP contribution < -0.4 is 4.90 Å². The van der Waals surface area contributed by atoms with Crippen molar-refractivity contribution >= 4 is 23.3 Å². The van der Waals surface area contributed by atoms with Crippen molar-refractivity contribution in [2.24, 2.45) is 0 Å². The number of likely N-dealkylation sites (tertiary alicyclic amines) is 1. The van der Waals surface area contributed by atoms with Gasteiger partial charge in [-0.25, -0.2) is 4.98 Å². The van der Waals surface area contributed by atoms with Crippen molar-refractivity contribution < 1.29 is 18.0 Å². The lowest BCUT2D eigenvalue weighted by Gasteiger charge is -2.44. The number of alkyl halides is 3. The Morgan fingerprint density at radius 1 is 1.11 bits per heavy atom. The van der Waals surface area contributed by atoms with Gasteiger partial charge in [0.05, 0.1) is 28.5 Å². The molecule has 1 aromatic carbocycles. The van der Waals surface area contributed by atoms with E-state index in [1.807, 2.05) is 35.0 Å². The number of amides is 1. The first-order chi connectivity index (χ1) is 18.2. The predicted molar refractivity (Wildman–Crippen MR) is 140 cm³/mol. The standard InChI is InChI=1S/C28H23ClF3N5O/c1-3-4-5-19-14-37(27(38)17(19)2)21-15-36(16-21)24-13-34-25(18-6-8-20(9-7-18)28(30,31)32)26(35-24)22-10-11-33-12-23(22)29/h3-13,21H,2,14-16H2,1H3/b4-3-,19-5-. The van der Waals surface area contributed by atoms with Crippen molar-refractivity contribution in [1.29, 1.82) is 0 Å². The Morgan fingerprint density at radius 3 is 2.50 bits per heavy atom. The van der Waals surface area contributed by atoms with Crippen LogP contribution in [0.15, 0.2) is 84.9 Å². The lowest BCUT2D eigenvalue weighted by molar-refractivity contribution is -0.137. The molecule has 2 fully saturated rings. The van der Waals surface area contributed by atoms with Crippen LogP contribution in [0.5, 0.6) is 0 Å². The Kier molecular flexibility index (Phi) is 6.79. The van der Waals surface area contributed by atoms with E-state index in [4.69, 9.17) is 16.6 Å². The molecule has 38 heavy (non-hydrogen) atoms. The molecule has 0 spiro atoms. The van der Waals surface area contributed by atoms with Gasteiger partial charge < -0.3 is 9.80 Å². The first kappa shape index (κ1) is 25.7. The van der Waals surface area contributed by atoms with Gasteiger partial charge in [0.1, 0.15) is 11.5 Å². The summed E-state index contributed by atoms with van der Waals surface area (Å²) in [5, 5.41) is 0.343. The maximum atomic E-state index is 13.1. The molecule has 0 unspecified atom stereocenters. The molecule has 2 aliphatic rings. The van der Waals surface area contributed by atoms with Crippen LogP contribution in [0.25, 0.3) is 22.5 Å². The molecule has 4 heterocycles. The van der Waals surface area contributed by atoms with Gasteiger partial charge in [0.2, 0.25) is 0 Å². The van der Waals surface area contributed by atoms with Gasteiger partial charge >= 0.3 is 6.18 Å². The fourth-order valence-electron chi connectivity index (χ4n) is 4.48. The maximum absolute atomic E-state index is 13.1. The Bertz CT molecular complexity index is 1460. The number of nitrogens with zero attached hydrogens (tertiary/aromatic N) is 5. The number of hydrogen-bond donors (Lipinski definition) is 0. The molecule has 194 valence electrons. The molecule has 3 aromatic rings. The van der Waals surface area contributed by atoms with Gasteiger partial charge in [-0.15, -0.1) is 0 Å². The second-order valence-electron chi connectivity index (χ2n) is 9.04. The molecule has 2 saturated heterocycles. The van der Waals surface area contributed by atoms with Gasteiger partial charge in [-0.2, -0.15) is 13.2 Å². The first-order valence-electron chi connectivity index (χ1n) is 11.9. The number of aromatic nitrogens is 3. The molecular weight excluding hydrogens is 515 g/mol. The molecule has 6 nitrogen and oxygen atoms in total. The Hall–Kier alpha value is -3.98. The highest BCUT2D eigenvalue weighted by molar-refractivity contribution is 6.33. The average Bonchev–Trinajstić information content (AvgIpc) is 3.15. The van der Waals surface area contributed by atoms with Crippen LogP contribution in [-0.4, -0.2) is 51.4 Å². The zero-order valence-electron chi connectivity index (χ0n) is 20.4. The minimum atomic E-state index is -4.44. The third-order valence-corrected chi connectivity index (χ3v) is 6.94. The SMILES string of the molecule is C=C1C(=O)N(C2CN(c3cnc(-c4ccc(C(F)(F)F)cc4)c(-c4ccncc4Cl)n3)C2)C/C1=C/C=C\C. The summed E-state index contributed by atoms with van der Waals surface area (Å²) >= 11 is 6.42. The average molecular weight is 538 g/mol. The van der Waals surface area contributed by atoms with Crippen LogP contribution in [0.3, 0.4) is 0 Å². The van der Waals surface area contributed by atoms with Crippen molar-refractivity contribution in [2.45, 2.75) is 19.1 Å². The highest BCUT2D eigenvalue weighted by atomic mass is 35.5. The van der Waals surface area contributed by atoms with E-state index < -0.39 is 11.7 Å². The lowest BCUT2D eigenvalue weighted by Crippen LogP contribution is -2.60. The molecular formula is C28H23ClF3N5O. The van der Waals surface area contributed by atoms with Crippen molar-refractivity contribution in [1.82, 2.24) is 19.9 Å². The molecule has 0 bridgehead atoms. The van der Waals surface area contributed by atoms with E-state index >= 15 is 0 Å². The van der Waals surface area contributed by atoms with Crippen LogP contribution in [-0.2, 0) is 11.0 Å². The van der Waals surface area contributed by atoms with E-state index in [0.717, 1.165) is 17.7 Å². The largest absolute Gasteiger partial charge is 0.416 e. The second kappa shape index (κ2) is 10.1. The van der Waals surface area contributed by atoms with Crippen LogP contribution in [0.1, 0.15) is 12.5 Å². The number of pyridine rings is 1. The number of hydrogen-bond acceptors (Lipinski definition) is 5. The minimum absolute atomic E-state index is 0.000101. The summed E-state index contributed by atoms with van der Waals surface area (Å²) < 4.78 is 39.2. The van der Waals surface area contributed by atoms with E-state index in [2.05, 4.69) is 16.5 Å². The summed E-state index contributed by atoms with van der Waals surface area (Å²) in [5.74, 6) is 0.508. The number of carbonyl (C=O) groups excluding carboxylic acids is 1. The van der Waals surface area contributed by atoms with E-state index in [0.29, 0.717) is 58.6 Å². The molecule has 10 heteroatoms. The molecule has 2 aliphatic heterocycles. The van der Waals surface area contributed by atoms with E-state index in [1.165, 1.54) is 18.3 Å². The quantitative estimate of drug-likeness (QED) is 0.375. The van der Waals surface area contributed by atoms with Crippen molar-refractivity contribution in [2.75, 3.05) is 24.5 Å². The molecule has 0 aliphatic carbocycles. The van der Waals surface area contributed by atoms with Gasteiger partial charge in [-0.1, -0.05) is 48.5 Å². The number of carbonyl (C=O) groups is 1. The maximum Gasteiger partial charge on any atom is 0.416 e. The Labute approximate surface area is 222 Å². The summed E-state index contributed by atoms with van der Waals surface area (Å²) in [6.07, 6.45) is 5.90. The lowest BCUT2D eigenvalue weighted by atomic mass is 10.0. The van der Waals surface area contributed by atoms with Crippen LogP contribution in [0.4, 0.5) is 19.0 Å². The first-order valence-corrected chi connectivity index (χ1v) is 12.3. The molecule has 0 radical (unpaired) electrons. The number of anilines is 1. The number of benzene rings is 1. The number of halogens is 4. The fraction of sp³-hybridized carbons (Fsp3) is 0.214. The molecule has 2 aromatic heterocycles. The van der Waals surface area contributed by atoms with Crippen LogP contribution in [0.2, 0.25) is 5.02 Å². The van der Waals surface area contributed by atoms with Gasteiger partial charge in [-0.05, 0) is 30.7 Å².